The van der Waals surface area contributed by atoms with E-state index in [1.807, 2.05) is 18.3 Å². The van der Waals surface area contributed by atoms with Crippen molar-refractivity contribution in [3.05, 3.63) is 52.4 Å². The highest BCUT2D eigenvalue weighted by Crippen LogP contribution is 2.21. The Morgan fingerprint density at radius 1 is 1.05 bits per heavy atom. The first-order chi connectivity index (χ1) is 10.2. The lowest BCUT2D eigenvalue weighted by Crippen LogP contribution is -2.46. The SMILES string of the molecule is Clc1cc(Cl)c(CN2CCN(c3ccccn3)CC2)cn1. The third kappa shape index (κ3) is 3.64. The summed E-state index contributed by atoms with van der Waals surface area (Å²) in [6.07, 6.45) is 3.59. The fourth-order valence-electron chi connectivity index (χ4n) is 2.47. The quantitative estimate of drug-likeness (QED) is 0.813. The number of piperazine rings is 1. The third-order valence-corrected chi connectivity index (χ3v) is 4.19. The molecule has 110 valence electrons. The number of pyridine rings is 2. The Kier molecular flexibility index (Phi) is 4.58. The van der Waals surface area contributed by atoms with Gasteiger partial charge in [0.15, 0.2) is 0 Å². The highest BCUT2D eigenvalue weighted by molar-refractivity contribution is 6.34. The highest BCUT2D eigenvalue weighted by atomic mass is 35.5. The summed E-state index contributed by atoms with van der Waals surface area (Å²) in [5, 5.41) is 1.12. The van der Waals surface area contributed by atoms with Crippen molar-refractivity contribution in [3.63, 3.8) is 0 Å². The first-order valence-corrected chi connectivity index (χ1v) is 7.66. The molecule has 2 aromatic rings. The molecule has 0 saturated carbocycles. The summed E-state index contributed by atoms with van der Waals surface area (Å²) in [5.74, 6) is 1.04. The van der Waals surface area contributed by atoms with Crippen LogP contribution in [0.1, 0.15) is 5.56 Å². The van der Waals surface area contributed by atoms with Crippen LogP contribution in [-0.2, 0) is 6.54 Å². The van der Waals surface area contributed by atoms with Crippen LogP contribution in [-0.4, -0.2) is 41.0 Å². The van der Waals surface area contributed by atoms with Crippen LogP contribution in [0.5, 0.6) is 0 Å². The molecule has 1 aliphatic rings. The first-order valence-electron chi connectivity index (χ1n) is 6.90. The van der Waals surface area contributed by atoms with Gasteiger partial charge < -0.3 is 4.90 Å². The monoisotopic (exact) mass is 322 g/mol. The Balaban J connectivity index is 1.59. The first kappa shape index (κ1) is 14.6. The zero-order valence-electron chi connectivity index (χ0n) is 11.5. The van der Waals surface area contributed by atoms with Gasteiger partial charge in [0, 0.05) is 55.7 Å². The van der Waals surface area contributed by atoms with E-state index in [-0.39, 0.29) is 0 Å². The van der Waals surface area contributed by atoms with Gasteiger partial charge in [0.1, 0.15) is 11.0 Å². The van der Waals surface area contributed by atoms with Gasteiger partial charge in [0.25, 0.3) is 0 Å². The van der Waals surface area contributed by atoms with Crippen LogP contribution in [0.25, 0.3) is 0 Å². The molecule has 3 heterocycles. The molecule has 1 fully saturated rings. The van der Waals surface area contributed by atoms with E-state index in [4.69, 9.17) is 23.2 Å². The molecule has 3 rings (SSSR count). The van der Waals surface area contributed by atoms with E-state index in [1.54, 1.807) is 12.3 Å². The number of nitrogens with zero attached hydrogens (tertiary/aromatic N) is 4. The predicted octanol–water partition coefficient (Wildman–Crippen LogP) is 3.11. The van der Waals surface area contributed by atoms with Gasteiger partial charge in [-0.1, -0.05) is 29.3 Å². The maximum absolute atomic E-state index is 6.20. The van der Waals surface area contributed by atoms with Crippen molar-refractivity contribution < 1.29 is 0 Å². The average Bonchev–Trinajstić information content (AvgIpc) is 2.52. The van der Waals surface area contributed by atoms with E-state index >= 15 is 0 Å². The van der Waals surface area contributed by atoms with Gasteiger partial charge in [-0.2, -0.15) is 0 Å². The minimum atomic E-state index is 0.434. The van der Waals surface area contributed by atoms with E-state index < -0.39 is 0 Å². The molecule has 0 bridgehead atoms. The van der Waals surface area contributed by atoms with Crippen LogP contribution < -0.4 is 4.90 Å². The van der Waals surface area contributed by atoms with Crippen LogP contribution in [0.2, 0.25) is 10.2 Å². The zero-order valence-corrected chi connectivity index (χ0v) is 13.1. The van der Waals surface area contributed by atoms with E-state index in [1.165, 1.54) is 0 Å². The van der Waals surface area contributed by atoms with E-state index in [0.717, 1.165) is 44.1 Å². The second kappa shape index (κ2) is 6.60. The molecule has 0 spiro atoms. The topological polar surface area (TPSA) is 32.3 Å². The molecule has 4 nitrogen and oxygen atoms in total. The number of aromatic nitrogens is 2. The summed E-state index contributed by atoms with van der Waals surface area (Å²) in [4.78, 5) is 13.2. The van der Waals surface area contributed by atoms with Crippen LogP contribution in [0, 0.1) is 0 Å². The van der Waals surface area contributed by atoms with Gasteiger partial charge in [0.2, 0.25) is 0 Å². The smallest absolute Gasteiger partial charge is 0.130 e. The standard InChI is InChI=1S/C15H16Cl2N4/c16-13-9-14(17)19-10-12(13)11-20-5-7-21(8-6-20)15-3-1-2-4-18-15/h1-4,9-10H,5-8,11H2. The Labute approximate surface area is 134 Å². The summed E-state index contributed by atoms with van der Waals surface area (Å²) < 4.78 is 0. The molecule has 1 saturated heterocycles. The van der Waals surface area contributed by atoms with Crippen molar-refractivity contribution in [1.29, 1.82) is 0 Å². The van der Waals surface area contributed by atoms with Crippen molar-refractivity contribution in [2.45, 2.75) is 6.54 Å². The largest absolute Gasteiger partial charge is 0.354 e. The highest BCUT2D eigenvalue weighted by Gasteiger charge is 2.18. The molecule has 0 aromatic carbocycles. The lowest BCUT2D eigenvalue weighted by Gasteiger charge is -2.35. The molecule has 0 N–H and O–H groups in total. The van der Waals surface area contributed by atoms with Gasteiger partial charge in [-0.15, -0.1) is 0 Å². The minimum Gasteiger partial charge on any atom is -0.354 e. The fourth-order valence-corrected chi connectivity index (χ4v) is 2.89. The molecule has 1 aliphatic heterocycles. The van der Waals surface area contributed by atoms with Crippen molar-refractivity contribution in [2.24, 2.45) is 0 Å². The van der Waals surface area contributed by atoms with E-state index in [0.29, 0.717) is 10.2 Å². The number of halogens is 2. The molecule has 2 aromatic heterocycles. The number of hydrogen-bond donors (Lipinski definition) is 0. The summed E-state index contributed by atoms with van der Waals surface area (Å²) >= 11 is 12.0. The molecule has 0 atom stereocenters. The maximum Gasteiger partial charge on any atom is 0.130 e. The second-order valence-corrected chi connectivity index (χ2v) is 5.84. The molecular formula is C15H16Cl2N4. The van der Waals surface area contributed by atoms with Gasteiger partial charge in [-0.3, -0.25) is 4.90 Å². The van der Waals surface area contributed by atoms with Crippen LogP contribution in [0.3, 0.4) is 0 Å². The van der Waals surface area contributed by atoms with Crippen molar-refractivity contribution in [3.8, 4) is 0 Å². The van der Waals surface area contributed by atoms with Crippen molar-refractivity contribution in [1.82, 2.24) is 14.9 Å². The van der Waals surface area contributed by atoms with E-state index in [9.17, 15) is 0 Å². The fraction of sp³-hybridized carbons (Fsp3) is 0.333. The summed E-state index contributed by atoms with van der Waals surface area (Å²) in [6.45, 7) is 4.70. The Hall–Kier alpha value is -1.36. The number of hydrogen-bond acceptors (Lipinski definition) is 4. The predicted molar refractivity (Wildman–Crippen MR) is 86.0 cm³/mol. The summed E-state index contributed by atoms with van der Waals surface area (Å²) in [7, 11) is 0. The van der Waals surface area contributed by atoms with Gasteiger partial charge in [0.05, 0.1) is 0 Å². The van der Waals surface area contributed by atoms with Crippen LogP contribution in [0.4, 0.5) is 5.82 Å². The lowest BCUT2D eigenvalue weighted by molar-refractivity contribution is 0.249. The number of rotatable bonds is 3. The molecule has 6 heteroatoms. The molecule has 21 heavy (non-hydrogen) atoms. The van der Waals surface area contributed by atoms with Crippen molar-refractivity contribution >= 4 is 29.0 Å². The van der Waals surface area contributed by atoms with Crippen molar-refractivity contribution in [2.75, 3.05) is 31.1 Å². The summed E-state index contributed by atoms with van der Waals surface area (Å²) in [5.41, 5.74) is 1.02. The molecule has 0 radical (unpaired) electrons. The van der Waals surface area contributed by atoms with Crippen LogP contribution in [0.15, 0.2) is 36.7 Å². The third-order valence-electron chi connectivity index (χ3n) is 3.64. The normalized spacial score (nSPS) is 16.2. The second-order valence-electron chi connectivity index (χ2n) is 5.05. The zero-order chi connectivity index (χ0) is 14.7. The van der Waals surface area contributed by atoms with Gasteiger partial charge in [-0.25, -0.2) is 9.97 Å². The summed E-state index contributed by atoms with van der Waals surface area (Å²) in [6, 6.07) is 7.71. The minimum absolute atomic E-state index is 0.434. The molecular weight excluding hydrogens is 307 g/mol. The number of anilines is 1. The molecule has 0 amide bonds. The molecule has 0 aliphatic carbocycles. The van der Waals surface area contributed by atoms with E-state index in [2.05, 4.69) is 25.8 Å². The van der Waals surface area contributed by atoms with Gasteiger partial charge >= 0.3 is 0 Å². The Morgan fingerprint density at radius 3 is 2.52 bits per heavy atom. The molecule has 0 unspecified atom stereocenters. The maximum atomic E-state index is 6.20. The van der Waals surface area contributed by atoms with Gasteiger partial charge in [-0.05, 0) is 18.2 Å². The lowest BCUT2D eigenvalue weighted by atomic mass is 10.2. The Bertz CT molecular complexity index is 598. The average molecular weight is 323 g/mol. The Morgan fingerprint density at radius 2 is 1.86 bits per heavy atom. The van der Waals surface area contributed by atoms with Crippen LogP contribution >= 0.6 is 23.2 Å².